The van der Waals surface area contributed by atoms with Gasteiger partial charge in [-0.3, -0.25) is 0 Å². The average molecular weight is 315 g/mol. The lowest BCUT2D eigenvalue weighted by Crippen LogP contribution is -2.01. The normalized spacial score (nSPS) is 10.9. The first kappa shape index (κ1) is 14.5. The fourth-order valence-electron chi connectivity index (χ4n) is 2.70. The zero-order valence-electron chi connectivity index (χ0n) is 13.4. The standard InChI is InChI=1S/C20H17N3O/c1-15-20(17-10-6-3-7-11-17)21-18-12-13-19(22-23(15)18)24-14-16-8-4-2-5-9-16/h2-13H,14H2,1H3. The van der Waals surface area contributed by atoms with E-state index < -0.39 is 0 Å². The molecule has 118 valence electrons. The van der Waals surface area contributed by atoms with Crippen molar-refractivity contribution in [2.24, 2.45) is 0 Å². The highest BCUT2D eigenvalue weighted by Gasteiger charge is 2.11. The minimum Gasteiger partial charge on any atom is -0.472 e. The van der Waals surface area contributed by atoms with Crippen LogP contribution in [0.25, 0.3) is 16.9 Å². The number of benzene rings is 2. The number of rotatable bonds is 4. The lowest BCUT2D eigenvalue weighted by Gasteiger charge is -2.06. The second-order valence-corrected chi connectivity index (χ2v) is 5.63. The summed E-state index contributed by atoms with van der Waals surface area (Å²) in [6.07, 6.45) is 0. The number of aryl methyl sites for hydroxylation is 1. The van der Waals surface area contributed by atoms with E-state index in [0.29, 0.717) is 12.5 Å². The first-order chi connectivity index (χ1) is 11.8. The number of ether oxygens (including phenoxy) is 1. The Kier molecular flexibility index (Phi) is 3.71. The van der Waals surface area contributed by atoms with Crippen molar-refractivity contribution in [2.75, 3.05) is 0 Å². The van der Waals surface area contributed by atoms with Crippen molar-refractivity contribution in [3.8, 4) is 17.1 Å². The fourth-order valence-corrected chi connectivity index (χ4v) is 2.70. The monoisotopic (exact) mass is 315 g/mol. The third-order valence-electron chi connectivity index (χ3n) is 3.95. The summed E-state index contributed by atoms with van der Waals surface area (Å²) < 4.78 is 7.65. The van der Waals surface area contributed by atoms with Gasteiger partial charge in [0.2, 0.25) is 5.88 Å². The second-order valence-electron chi connectivity index (χ2n) is 5.63. The predicted molar refractivity (Wildman–Crippen MR) is 93.9 cm³/mol. The van der Waals surface area contributed by atoms with Crippen molar-refractivity contribution in [3.05, 3.63) is 84.1 Å². The molecule has 0 N–H and O–H groups in total. The Balaban J connectivity index is 1.64. The maximum Gasteiger partial charge on any atom is 0.232 e. The summed E-state index contributed by atoms with van der Waals surface area (Å²) in [5.41, 5.74) is 4.97. The van der Waals surface area contributed by atoms with Crippen molar-refractivity contribution in [3.63, 3.8) is 0 Å². The van der Waals surface area contributed by atoms with Crippen LogP contribution in [-0.2, 0) is 6.61 Å². The number of aromatic nitrogens is 3. The van der Waals surface area contributed by atoms with E-state index in [9.17, 15) is 0 Å². The van der Waals surface area contributed by atoms with Crippen LogP contribution in [0.1, 0.15) is 11.3 Å². The number of imidazole rings is 1. The number of fused-ring (bicyclic) bond motifs is 1. The molecule has 4 aromatic rings. The second kappa shape index (κ2) is 6.16. The Morgan fingerprint density at radius 3 is 2.33 bits per heavy atom. The molecule has 4 rings (SSSR count). The highest BCUT2D eigenvalue weighted by Crippen LogP contribution is 2.24. The molecular formula is C20H17N3O. The maximum atomic E-state index is 5.81. The van der Waals surface area contributed by atoms with Gasteiger partial charge in [-0.05, 0) is 18.6 Å². The minimum absolute atomic E-state index is 0.499. The van der Waals surface area contributed by atoms with Crippen LogP contribution in [0.2, 0.25) is 0 Å². The Morgan fingerprint density at radius 1 is 0.875 bits per heavy atom. The van der Waals surface area contributed by atoms with Gasteiger partial charge in [0.15, 0.2) is 5.65 Å². The van der Waals surface area contributed by atoms with Crippen LogP contribution in [0.3, 0.4) is 0 Å². The Labute approximate surface area is 140 Å². The lowest BCUT2D eigenvalue weighted by molar-refractivity contribution is 0.289. The van der Waals surface area contributed by atoms with E-state index in [1.807, 2.05) is 72.1 Å². The Bertz CT molecular complexity index is 962. The van der Waals surface area contributed by atoms with Gasteiger partial charge in [-0.15, -0.1) is 5.10 Å². The third kappa shape index (κ3) is 2.74. The molecule has 0 aliphatic carbocycles. The molecule has 4 heteroatoms. The van der Waals surface area contributed by atoms with E-state index >= 15 is 0 Å². The van der Waals surface area contributed by atoms with E-state index in [1.165, 1.54) is 0 Å². The first-order valence-electron chi connectivity index (χ1n) is 7.90. The highest BCUT2D eigenvalue weighted by atomic mass is 16.5. The van der Waals surface area contributed by atoms with E-state index in [4.69, 9.17) is 4.74 Å². The summed E-state index contributed by atoms with van der Waals surface area (Å²) in [6, 6.07) is 24.0. The molecule has 0 atom stereocenters. The summed E-state index contributed by atoms with van der Waals surface area (Å²) >= 11 is 0. The molecule has 24 heavy (non-hydrogen) atoms. The van der Waals surface area contributed by atoms with Gasteiger partial charge >= 0.3 is 0 Å². The van der Waals surface area contributed by atoms with Crippen molar-refractivity contribution in [1.29, 1.82) is 0 Å². The molecule has 2 aromatic heterocycles. The van der Waals surface area contributed by atoms with Crippen LogP contribution >= 0.6 is 0 Å². The van der Waals surface area contributed by atoms with Gasteiger partial charge in [-0.2, -0.15) is 0 Å². The molecule has 0 amide bonds. The van der Waals surface area contributed by atoms with Crippen molar-refractivity contribution < 1.29 is 4.74 Å². The summed E-state index contributed by atoms with van der Waals surface area (Å²) in [7, 11) is 0. The van der Waals surface area contributed by atoms with Crippen LogP contribution in [0.5, 0.6) is 5.88 Å². The van der Waals surface area contributed by atoms with E-state index in [1.54, 1.807) is 0 Å². The van der Waals surface area contributed by atoms with E-state index in [2.05, 4.69) is 22.2 Å². The van der Waals surface area contributed by atoms with Crippen LogP contribution < -0.4 is 4.74 Å². The van der Waals surface area contributed by atoms with Gasteiger partial charge in [0.25, 0.3) is 0 Å². The molecule has 0 fully saturated rings. The Hall–Kier alpha value is -3.14. The number of hydrogen-bond donors (Lipinski definition) is 0. The third-order valence-corrected chi connectivity index (χ3v) is 3.95. The molecule has 2 heterocycles. The van der Waals surface area contributed by atoms with Crippen molar-refractivity contribution in [1.82, 2.24) is 14.6 Å². The van der Waals surface area contributed by atoms with Crippen LogP contribution in [0.4, 0.5) is 0 Å². The van der Waals surface area contributed by atoms with Crippen LogP contribution in [0.15, 0.2) is 72.8 Å². The average Bonchev–Trinajstić information content (AvgIpc) is 2.98. The molecule has 0 radical (unpaired) electrons. The van der Waals surface area contributed by atoms with Crippen LogP contribution in [0, 0.1) is 6.92 Å². The highest BCUT2D eigenvalue weighted by molar-refractivity contribution is 5.65. The number of nitrogens with zero attached hydrogens (tertiary/aromatic N) is 3. The largest absolute Gasteiger partial charge is 0.472 e. The maximum absolute atomic E-state index is 5.81. The summed E-state index contributed by atoms with van der Waals surface area (Å²) in [5, 5.41) is 4.57. The first-order valence-corrected chi connectivity index (χ1v) is 7.90. The quantitative estimate of drug-likeness (QED) is 0.564. The number of hydrogen-bond acceptors (Lipinski definition) is 3. The van der Waals surface area contributed by atoms with Gasteiger partial charge in [0, 0.05) is 11.6 Å². The molecule has 4 nitrogen and oxygen atoms in total. The topological polar surface area (TPSA) is 39.4 Å². The summed E-state index contributed by atoms with van der Waals surface area (Å²) in [5.74, 6) is 0.589. The molecular weight excluding hydrogens is 298 g/mol. The Morgan fingerprint density at radius 2 is 1.58 bits per heavy atom. The molecule has 0 saturated heterocycles. The fraction of sp³-hybridized carbons (Fsp3) is 0.100. The zero-order valence-corrected chi connectivity index (χ0v) is 13.4. The van der Waals surface area contributed by atoms with Gasteiger partial charge < -0.3 is 4.74 Å². The molecule has 0 aliphatic rings. The summed E-state index contributed by atoms with van der Waals surface area (Å²) in [4.78, 5) is 4.69. The van der Waals surface area contributed by atoms with Gasteiger partial charge in [0.05, 0.1) is 11.4 Å². The van der Waals surface area contributed by atoms with Crippen molar-refractivity contribution in [2.45, 2.75) is 13.5 Å². The van der Waals surface area contributed by atoms with Gasteiger partial charge in [-0.1, -0.05) is 60.7 Å². The van der Waals surface area contributed by atoms with Gasteiger partial charge in [-0.25, -0.2) is 9.50 Å². The predicted octanol–water partition coefficient (Wildman–Crippen LogP) is 4.28. The molecule has 0 aliphatic heterocycles. The van der Waals surface area contributed by atoms with E-state index in [-0.39, 0.29) is 0 Å². The lowest BCUT2D eigenvalue weighted by atomic mass is 10.1. The SMILES string of the molecule is Cc1c(-c2ccccc2)nc2ccc(OCc3ccccc3)nn12. The van der Waals surface area contributed by atoms with E-state index in [0.717, 1.165) is 28.2 Å². The molecule has 0 unspecified atom stereocenters. The molecule has 0 spiro atoms. The molecule has 2 aromatic carbocycles. The smallest absolute Gasteiger partial charge is 0.232 e. The van der Waals surface area contributed by atoms with Crippen LogP contribution in [-0.4, -0.2) is 14.6 Å². The van der Waals surface area contributed by atoms with Crippen molar-refractivity contribution >= 4 is 5.65 Å². The minimum atomic E-state index is 0.499. The molecule has 0 bridgehead atoms. The summed E-state index contributed by atoms with van der Waals surface area (Å²) in [6.45, 7) is 2.52. The zero-order chi connectivity index (χ0) is 16.4. The molecule has 0 saturated carbocycles. The van der Waals surface area contributed by atoms with Gasteiger partial charge in [0.1, 0.15) is 6.61 Å².